The highest BCUT2D eigenvalue weighted by molar-refractivity contribution is 6.15. The Bertz CT molecular complexity index is 1390. The lowest BCUT2D eigenvalue weighted by Gasteiger charge is -2.23. The SMILES string of the molecule is COc1ccc(N/C=C2\C(c3ccc(O)cc3)=Nc3ccccc3OC2c2ccccc2O)cc1. The highest BCUT2D eigenvalue weighted by Gasteiger charge is 2.30. The van der Waals surface area contributed by atoms with Gasteiger partial charge < -0.3 is 25.0 Å². The van der Waals surface area contributed by atoms with Gasteiger partial charge in [-0.2, -0.15) is 0 Å². The van der Waals surface area contributed by atoms with Gasteiger partial charge in [0.05, 0.1) is 12.8 Å². The van der Waals surface area contributed by atoms with Crippen LogP contribution >= 0.6 is 0 Å². The lowest BCUT2D eigenvalue weighted by atomic mass is 9.93. The fourth-order valence-corrected chi connectivity index (χ4v) is 3.93. The molecule has 3 N–H and O–H groups in total. The first-order valence-electron chi connectivity index (χ1n) is 11.1. The fourth-order valence-electron chi connectivity index (χ4n) is 3.93. The smallest absolute Gasteiger partial charge is 0.156 e. The van der Waals surface area contributed by atoms with Gasteiger partial charge in [-0.15, -0.1) is 0 Å². The normalized spacial score (nSPS) is 16.0. The molecule has 6 heteroatoms. The number of benzene rings is 4. The molecule has 1 unspecified atom stereocenters. The number of aliphatic imine (C=N–C) groups is 1. The van der Waals surface area contributed by atoms with Crippen LogP contribution < -0.4 is 14.8 Å². The van der Waals surface area contributed by atoms with E-state index in [0.29, 0.717) is 28.3 Å². The van der Waals surface area contributed by atoms with E-state index in [1.807, 2.05) is 79.0 Å². The van der Waals surface area contributed by atoms with Crippen LogP contribution in [-0.2, 0) is 0 Å². The van der Waals surface area contributed by atoms with Gasteiger partial charge in [0.15, 0.2) is 6.10 Å². The molecule has 6 nitrogen and oxygen atoms in total. The number of ether oxygens (including phenoxy) is 2. The van der Waals surface area contributed by atoms with Gasteiger partial charge in [-0.3, -0.25) is 0 Å². The van der Waals surface area contributed by atoms with Crippen molar-refractivity contribution in [1.82, 2.24) is 0 Å². The summed E-state index contributed by atoms with van der Waals surface area (Å²) in [6.45, 7) is 0. The summed E-state index contributed by atoms with van der Waals surface area (Å²) in [6.07, 6.45) is 1.19. The third kappa shape index (κ3) is 4.68. The van der Waals surface area contributed by atoms with Crippen molar-refractivity contribution in [2.45, 2.75) is 6.10 Å². The molecule has 0 fully saturated rings. The molecule has 4 aromatic carbocycles. The van der Waals surface area contributed by atoms with Crippen molar-refractivity contribution in [2.24, 2.45) is 4.99 Å². The Hall–Kier alpha value is -4.71. The molecule has 0 radical (unpaired) electrons. The molecule has 1 aliphatic heterocycles. The van der Waals surface area contributed by atoms with Crippen LogP contribution in [0.4, 0.5) is 11.4 Å². The predicted octanol–water partition coefficient (Wildman–Crippen LogP) is 6.36. The van der Waals surface area contributed by atoms with E-state index >= 15 is 0 Å². The largest absolute Gasteiger partial charge is 0.508 e. The first-order valence-corrected chi connectivity index (χ1v) is 11.1. The average Bonchev–Trinajstić information content (AvgIpc) is 3.05. The van der Waals surface area contributed by atoms with Crippen LogP contribution in [0.5, 0.6) is 23.0 Å². The zero-order valence-electron chi connectivity index (χ0n) is 19.1. The van der Waals surface area contributed by atoms with E-state index in [1.54, 1.807) is 31.4 Å². The number of hydrogen-bond donors (Lipinski definition) is 3. The Morgan fingerprint density at radius 2 is 1.57 bits per heavy atom. The van der Waals surface area contributed by atoms with Crippen LogP contribution in [0.3, 0.4) is 0 Å². The number of nitrogens with one attached hydrogen (secondary N) is 1. The van der Waals surface area contributed by atoms with Crippen LogP contribution in [0.2, 0.25) is 0 Å². The molecule has 0 spiro atoms. The summed E-state index contributed by atoms with van der Waals surface area (Å²) in [5, 5.41) is 23.9. The van der Waals surface area contributed by atoms with E-state index < -0.39 is 6.10 Å². The van der Waals surface area contributed by atoms with Crippen LogP contribution in [0.1, 0.15) is 17.2 Å². The van der Waals surface area contributed by atoms with Gasteiger partial charge in [-0.1, -0.05) is 30.3 Å². The van der Waals surface area contributed by atoms with Crippen molar-refractivity contribution in [3.05, 3.63) is 120 Å². The molecule has 35 heavy (non-hydrogen) atoms. The summed E-state index contributed by atoms with van der Waals surface area (Å²) in [7, 11) is 1.63. The minimum atomic E-state index is -0.654. The molecule has 1 heterocycles. The van der Waals surface area contributed by atoms with Gasteiger partial charge >= 0.3 is 0 Å². The number of rotatable bonds is 5. The maximum atomic E-state index is 10.7. The summed E-state index contributed by atoms with van der Waals surface area (Å²) in [5.41, 5.74) is 4.29. The van der Waals surface area contributed by atoms with Crippen molar-refractivity contribution in [1.29, 1.82) is 0 Å². The van der Waals surface area contributed by atoms with Gasteiger partial charge in [0, 0.05) is 28.6 Å². The molecule has 0 amide bonds. The third-order valence-corrected chi connectivity index (χ3v) is 5.74. The highest BCUT2D eigenvalue weighted by atomic mass is 16.5. The zero-order chi connectivity index (χ0) is 24.2. The summed E-state index contributed by atoms with van der Waals surface area (Å²) in [6, 6.07) is 29.1. The summed E-state index contributed by atoms with van der Waals surface area (Å²) >= 11 is 0. The van der Waals surface area contributed by atoms with Gasteiger partial charge in [0.2, 0.25) is 0 Å². The molecule has 0 saturated heterocycles. The predicted molar refractivity (Wildman–Crippen MR) is 137 cm³/mol. The standard InChI is InChI=1S/C29H24N2O4/c1-34-22-16-12-20(13-17-22)30-18-24-28(19-10-14-21(32)15-11-19)31-25-7-3-5-9-27(25)35-29(24)23-6-2-4-8-26(23)33/h2-18,29-30,32-33H,1H3/b24-18+. The number of anilines is 1. The number of nitrogens with zero attached hydrogens (tertiary/aromatic N) is 1. The first-order chi connectivity index (χ1) is 17.1. The molecule has 1 aliphatic rings. The maximum absolute atomic E-state index is 10.7. The quantitative estimate of drug-likeness (QED) is 0.320. The van der Waals surface area contributed by atoms with E-state index in [9.17, 15) is 10.2 Å². The fraction of sp³-hybridized carbons (Fsp3) is 0.0690. The number of hydrogen-bond acceptors (Lipinski definition) is 6. The molecule has 5 rings (SSSR count). The Kier molecular flexibility index (Phi) is 6.09. The lowest BCUT2D eigenvalue weighted by molar-refractivity contribution is 0.246. The number of aromatic hydroxyl groups is 2. The average molecular weight is 465 g/mol. The van der Waals surface area contributed by atoms with Crippen LogP contribution in [0.15, 0.2) is 114 Å². The number of fused-ring (bicyclic) bond motifs is 1. The third-order valence-electron chi connectivity index (χ3n) is 5.74. The zero-order valence-corrected chi connectivity index (χ0v) is 19.1. The van der Waals surface area contributed by atoms with Crippen molar-refractivity contribution in [2.75, 3.05) is 12.4 Å². The van der Waals surface area contributed by atoms with Gasteiger partial charge in [0.1, 0.15) is 28.7 Å². The molecular formula is C29H24N2O4. The minimum absolute atomic E-state index is 0.122. The summed E-state index contributed by atoms with van der Waals surface area (Å²) < 4.78 is 11.7. The molecule has 1 atom stereocenters. The molecule has 0 aliphatic carbocycles. The molecule has 4 aromatic rings. The van der Waals surface area contributed by atoms with E-state index in [1.165, 1.54) is 0 Å². The number of phenolic OH excluding ortho intramolecular Hbond substituents is 2. The molecule has 174 valence electrons. The van der Waals surface area contributed by atoms with E-state index in [2.05, 4.69) is 5.32 Å². The van der Waals surface area contributed by atoms with Crippen LogP contribution in [0.25, 0.3) is 0 Å². The lowest BCUT2D eigenvalue weighted by Crippen LogP contribution is -2.18. The number of phenols is 2. The summed E-state index contributed by atoms with van der Waals surface area (Å²) in [5.74, 6) is 1.65. The molecule has 0 aromatic heterocycles. The molecule has 0 saturated carbocycles. The van der Waals surface area contributed by atoms with Crippen molar-refractivity contribution in [3.8, 4) is 23.0 Å². The molecule has 0 bridgehead atoms. The van der Waals surface area contributed by atoms with E-state index in [-0.39, 0.29) is 11.5 Å². The number of para-hydroxylation sites is 3. The minimum Gasteiger partial charge on any atom is -0.508 e. The van der Waals surface area contributed by atoms with Crippen molar-refractivity contribution >= 4 is 17.1 Å². The summed E-state index contributed by atoms with van der Waals surface area (Å²) in [4.78, 5) is 4.97. The van der Waals surface area contributed by atoms with Crippen molar-refractivity contribution < 1.29 is 19.7 Å². The van der Waals surface area contributed by atoms with E-state index in [4.69, 9.17) is 14.5 Å². The van der Waals surface area contributed by atoms with Gasteiger partial charge in [0.25, 0.3) is 0 Å². The first kappa shape index (κ1) is 22.1. The van der Waals surface area contributed by atoms with Gasteiger partial charge in [-0.05, 0) is 66.7 Å². The maximum Gasteiger partial charge on any atom is 0.156 e. The molecular weight excluding hydrogens is 440 g/mol. The van der Waals surface area contributed by atoms with Crippen LogP contribution in [0, 0.1) is 0 Å². The number of methoxy groups -OCH3 is 1. The highest BCUT2D eigenvalue weighted by Crippen LogP contribution is 2.42. The Labute approximate surface area is 203 Å². The van der Waals surface area contributed by atoms with E-state index in [0.717, 1.165) is 17.0 Å². The second-order valence-electron chi connectivity index (χ2n) is 8.00. The topological polar surface area (TPSA) is 83.3 Å². The second-order valence-corrected chi connectivity index (χ2v) is 8.00. The van der Waals surface area contributed by atoms with Crippen LogP contribution in [-0.4, -0.2) is 23.0 Å². The Morgan fingerprint density at radius 1 is 0.857 bits per heavy atom. The van der Waals surface area contributed by atoms with Crippen molar-refractivity contribution in [3.63, 3.8) is 0 Å². The Morgan fingerprint density at radius 3 is 2.31 bits per heavy atom. The monoisotopic (exact) mass is 464 g/mol. The Balaban J connectivity index is 1.68. The second kappa shape index (κ2) is 9.65. The van der Waals surface area contributed by atoms with Gasteiger partial charge in [-0.25, -0.2) is 4.99 Å².